The minimum Gasteiger partial charge on any atom is -0.372 e. The van der Waals surface area contributed by atoms with Crippen LogP contribution in [0.2, 0.25) is 0 Å². The topological polar surface area (TPSA) is 65.5 Å². The van der Waals surface area contributed by atoms with Gasteiger partial charge in [-0.25, -0.2) is 4.79 Å². The monoisotopic (exact) mass is 159 g/mol. The molecular weight excluding hydrogens is 150 g/mol. The van der Waals surface area contributed by atoms with Crippen molar-refractivity contribution in [1.29, 1.82) is 0 Å². The van der Waals surface area contributed by atoms with Gasteiger partial charge in [-0.1, -0.05) is 0 Å². The van der Waals surface area contributed by atoms with Crippen LogP contribution in [0.25, 0.3) is 0 Å². The van der Waals surface area contributed by atoms with Crippen LogP contribution in [0.4, 0.5) is 0 Å². The van der Waals surface area contributed by atoms with Crippen molar-refractivity contribution < 1.29 is 13.7 Å². The highest BCUT2D eigenvalue weighted by Crippen LogP contribution is 1.96. The standard InChI is InChI=1S/C6H9NO4/c1-4(2)9-3-5-7-11-6(8)10-5/h4H,3H2,1-2H3. The van der Waals surface area contributed by atoms with E-state index in [2.05, 4.69) is 14.1 Å². The van der Waals surface area contributed by atoms with Crippen LogP contribution in [0.3, 0.4) is 0 Å². The number of hydrogen-bond acceptors (Lipinski definition) is 5. The van der Waals surface area contributed by atoms with Gasteiger partial charge in [-0.2, -0.15) is 0 Å². The Labute approximate surface area is 62.9 Å². The van der Waals surface area contributed by atoms with Crippen LogP contribution in [0.1, 0.15) is 19.7 Å². The summed E-state index contributed by atoms with van der Waals surface area (Å²) in [6, 6.07) is 0. The van der Waals surface area contributed by atoms with Crippen LogP contribution >= 0.6 is 0 Å². The summed E-state index contributed by atoms with van der Waals surface area (Å²) in [5.41, 5.74) is 0. The smallest absolute Gasteiger partial charge is 0.372 e. The second-order valence-electron chi connectivity index (χ2n) is 2.29. The fourth-order valence-electron chi connectivity index (χ4n) is 0.515. The molecule has 5 heteroatoms. The third kappa shape index (κ3) is 2.55. The molecule has 0 fully saturated rings. The predicted octanol–water partition coefficient (Wildman–Crippen LogP) is 0.553. The maximum atomic E-state index is 10.3. The zero-order chi connectivity index (χ0) is 8.27. The average Bonchev–Trinajstić information content (AvgIpc) is 2.31. The molecule has 0 amide bonds. The maximum absolute atomic E-state index is 10.3. The number of hydrogen-bond donors (Lipinski definition) is 0. The summed E-state index contributed by atoms with van der Waals surface area (Å²) in [5, 5.41) is 3.31. The van der Waals surface area contributed by atoms with Crippen molar-refractivity contribution in [3.63, 3.8) is 0 Å². The van der Waals surface area contributed by atoms with E-state index in [4.69, 9.17) is 4.74 Å². The van der Waals surface area contributed by atoms with Crippen molar-refractivity contribution in [2.45, 2.75) is 26.6 Å². The van der Waals surface area contributed by atoms with Crippen LogP contribution in [0.5, 0.6) is 0 Å². The maximum Gasteiger partial charge on any atom is 0.542 e. The lowest BCUT2D eigenvalue weighted by Crippen LogP contribution is -2.02. The molecule has 0 aromatic carbocycles. The second kappa shape index (κ2) is 3.34. The summed E-state index contributed by atoms with van der Waals surface area (Å²) in [6.45, 7) is 3.92. The molecular formula is C6H9NO4. The zero-order valence-electron chi connectivity index (χ0n) is 6.36. The SMILES string of the molecule is CC(C)OCc1noc(=O)o1. The molecule has 0 unspecified atom stereocenters. The summed E-state index contributed by atoms with van der Waals surface area (Å²) in [7, 11) is 0. The molecule has 1 aromatic heterocycles. The van der Waals surface area contributed by atoms with Crippen molar-refractivity contribution in [2.24, 2.45) is 0 Å². The van der Waals surface area contributed by atoms with E-state index in [-0.39, 0.29) is 18.6 Å². The first-order valence-electron chi connectivity index (χ1n) is 3.26. The number of nitrogens with zero attached hydrogens (tertiary/aromatic N) is 1. The van der Waals surface area contributed by atoms with Crippen LogP contribution in [0.15, 0.2) is 13.7 Å². The van der Waals surface area contributed by atoms with Gasteiger partial charge in [0, 0.05) is 0 Å². The van der Waals surface area contributed by atoms with Gasteiger partial charge in [0.05, 0.1) is 6.10 Å². The molecule has 1 aromatic rings. The van der Waals surface area contributed by atoms with Crippen LogP contribution in [0, 0.1) is 0 Å². The highest BCUT2D eigenvalue weighted by atomic mass is 16.6. The molecule has 0 aliphatic rings. The van der Waals surface area contributed by atoms with E-state index in [1.54, 1.807) is 0 Å². The summed E-state index contributed by atoms with van der Waals surface area (Å²) < 4.78 is 13.7. The largest absolute Gasteiger partial charge is 0.542 e. The minimum absolute atomic E-state index is 0.0806. The predicted molar refractivity (Wildman–Crippen MR) is 35.0 cm³/mol. The van der Waals surface area contributed by atoms with Crippen LogP contribution in [-0.4, -0.2) is 11.3 Å². The van der Waals surface area contributed by atoms with Crippen LogP contribution < -0.4 is 5.82 Å². The number of aromatic nitrogens is 1. The molecule has 0 aliphatic heterocycles. The van der Waals surface area contributed by atoms with Gasteiger partial charge in [-0.3, -0.25) is 4.52 Å². The Morgan fingerprint density at radius 1 is 1.64 bits per heavy atom. The molecule has 0 radical (unpaired) electrons. The summed E-state index contributed by atoms with van der Waals surface area (Å²) in [5.74, 6) is -0.629. The molecule has 0 atom stereocenters. The van der Waals surface area contributed by atoms with E-state index in [0.717, 1.165) is 0 Å². The molecule has 0 N–H and O–H groups in total. The Morgan fingerprint density at radius 2 is 2.36 bits per heavy atom. The Morgan fingerprint density at radius 3 is 2.82 bits per heavy atom. The second-order valence-corrected chi connectivity index (χ2v) is 2.29. The molecule has 62 valence electrons. The first kappa shape index (κ1) is 8.00. The van der Waals surface area contributed by atoms with Crippen molar-refractivity contribution in [1.82, 2.24) is 5.16 Å². The number of ether oxygens (including phenoxy) is 1. The van der Waals surface area contributed by atoms with Gasteiger partial charge in [0.1, 0.15) is 6.61 Å². The van der Waals surface area contributed by atoms with Gasteiger partial charge >= 0.3 is 5.82 Å². The highest BCUT2D eigenvalue weighted by Gasteiger charge is 2.03. The van der Waals surface area contributed by atoms with E-state index < -0.39 is 5.82 Å². The Bertz CT molecular complexity index is 262. The summed E-state index contributed by atoms with van der Waals surface area (Å²) in [4.78, 5) is 10.3. The lowest BCUT2D eigenvalue weighted by atomic mass is 10.5. The normalized spacial score (nSPS) is 10.8. The van der Waals surface area contributed by atoms with Crippen molar-refractivity contribution >= 4 is 0 Å². The molecule has 0 aliphatic carbocycles. The molecule has 0 saturated carbocycles. The van der Waals surface area contributed by atoms with E-state index in [1.807, 2.05) is 13.8 Å². The first-order chi connectivity index (χ1) is 5.18. The first-order valence-corrected chi connectivity index (χ1v) is 3.26. The van der Waals surface area contributed by atoms with Gasteiger partial charge in [-0.05, 0) is 19.0 Å². The van der Waals surface area contributed by atoms with E-state index >= 15 is 0 Å². The molecule has 11 heavy (non-hydrogen) atoms. The Balaban J connectivity index is 2.45. The lowest BCUT2D eigenvalue weighted by molar-refractivity contribution is 0.0508. The van der Waals surface area contributed by atoms with Gasteiger partial charge < -0.3 is 9.15 Å². The molecule has 1 heterocycles. The van der Waals surface area contributed by atoms with Crippen molar-refractivity contribution in [3.05, 3.63) is 16.5 Å². The van der Waals surface area contributed by atoms with Gasteiger partial charge in [0.15, 0.2) is 0 Å². The van der Waals surface area contributed by atoms with Gasteiger partial charge in [0.2, 0.25) is 0 Å². The highest BCUT2D eigenvalue weighted by molar-refractivity contribution is 4.65. The summed E-state index contributed by atoms with van der Waals surface area (Å²) >= 11 is 0. The lowest BCUT2D eigenvalue weighted by Gasteiger charge is -2.01. The minimum atomic E-state index is -0.799. The van der Waals surface area contributed by atoms with Crippen LogP contribution in [-0.2, 0) is 11.3 Å². The molecule has 5 nitrogen and oxygen atoms in total. The quantitative estimate of drug-likeness (QED) is 0.644. The van der Waals surface area contributed by atoms with Crippen molar-refractivity contribution in [3.8, 4) is 0 Å². The molecule has 0 saturated heterocycles. The molecule has 0 spiro atoms. The van der Waals surface area contributed by atoms with E-state index in [0.29, 0.717) is 0 Å². The van der Waals surface area contributed by atoms with E-state index in [9.17, 15) is 4.79 Å². The number of rotatable bonds is 3. The zero-order valence-corrected chi connectivity index (χ0v) is 6.36. The fraction of sp³-hybridized carbons (Fsp3) is 0.667. The molecule has 1 rings (SSSR count). The third-order valence-corrected chi connectivity index (χ3v) is 0.963. The fourth-order valence-corrected chi connectivity index (χ4v) is 0.515. The average molecular weight is 159 g/mol. The van der Waals surface area contributed by atoms with E-state index in [1.165, 1.54) is 0 Å². The Hall–Kier alpha value is -1.10. The summed E-state index contributed by atoms with van der Waals surface area (Å²) in [6.07, 6.45) is 0.0806. The third-order valence-electron chi connectivity index (χ3n) is 0.963. The molecule has 0 bridgehead atoms. The van der Waals surface area contributed by atoms with Crippen molar-refractivity contribution in [2.75, 3.05) is 0 Å². The van der Waals surface area contributed by atoms with Gasteiger partial charge in [-0.15, -0.1) is 0 Å². The van der Waals surface area contributed by atoms with Gasteiger partial charge in [0.25, 0.3) is 5.89 Å². The Kier molecular flexibility index (Phi) is 2.43.